The molecule has 0 spiro atoms. The van der Waals surface area contributed by atoms with Crippen molar-refractivity contribution in [2.45, 2.75) is 11.0 Å². The Morgan fingerprint density at radius 2 is 1.75 bits per heavy atom. The molecule has 0 unspecified atom stereocenters. The molecular formula is C20H26N2O5S. The zero-order valence-electron chi connectivity index (χ0n) is 15.9. The highest BCUT2D eigenvalue weighted by Gasteiger charge is 2.28. The number of ether oxygens (including phenoxy) is 2. The summed E-state index contributed by atoms with van der Waals surface area (Å²) in [6.07, 6.45) is -0.835. The highest BCUT2D eigenvalue weighted by atomic mass is 32.2. The molecule has 0 saturated carbocycles. The van der Waals surface area contributed by atoms with E-state index in [1.54, 1.807) is 61.7 Å². The van der Waals surface area contributed by atoms with E-state index in [1.807, 2.05) is 0 Å². The third-order valence-electron chi connectivity index (χ3n) is 4.64. The second-order valence-corrected chi connectivity index (χ2v) is 8.48. The van der Waals surface area contributed by atoms with Gasteiger partial charge in [0.2, 0.25) is 0 Å². The largest absolute Gasteiger partial charge is 0.497 e. The van der Waals surface area contributed by atoms with Gasteiger partial charge in [-0.2, -0.15) is 0 Å². The van der Waals surface area contributed by atoms with Crippen molar-refractivity contribution in [3.8, 4) is 5.75 Å². The standard InChI is InChI=1S/C20H26N2O5S/c1-26-19-9-7-17(8-10-19)22(28(24,25)20-5-3-2-4-6-20)16-18(23)15-21-11-13-27-14-12-21/h2-10,18,23H,11-16H2,1H3/t18-/m1/s1. The number of β-amino-alcohol motifs (C(OH)–C–C–N with tert-alkyl or cyclic N) is 1. The molecule has 28 heavy (non-hydrogen) atoms. The number of methoxy groups -OCH3 is 1. The summed E-state index contributed by atoms with van der Waals surface area (Å²) in [7, 11) is -2.27. The minimum atomic E-state index is -3.82. The van der Waals surface area contributed by atoms with Crippen molar-refractivity contribution >= 4 is 15.7 Å². The van der Waals surface area contributed by atoms with Crippen LogP contribution in [0.15, 0.2) is 59.5 Å². The first-order valence-electron chi connectivity index (χ1n) is 9.21. The van der Waals surface area contributed by atoms with E-state index in [-0.39, 0.29) is 11.4 Å². The van der Waals surface area contributed by atoms with E-state index in [4.69, 9.17) is 9.47 Å². The summed E-state index contributed by atoms with van der Waals surface area (Å²) in [5.74, 6) is 0.634. The summed E-state index contributed by atoms with van der Waals surface area (Å²) in [6, 6.07) is 15.0. The van der Waals surface area contributed by atoms with Crippen molar-refractivity contribution in [1.29, 1.82) is 0 Å². The van der Waals surface area contributed by atoms with Gasteiger partial charge in [0.05, 0.1) is 43.6 Å². The minimum Gasteiger partial charge on any atom is -0.497 e. The van der Waals surface area contributed by atoms with E-state index in [2.05, 4.69) is 4.90 Å². The molecule has 2 aromatic carbocycles. The van der Waals surface area contributed by atoms with Crippen molar-refractivity contribution in [2.75, 3.05) is 50.8 Å². The zero-order valence-corrected chi connectivity index (χ0v) is 16.7. The molecule has 1 atom stereocenters. The number of rotatable bonds is 8. The van der Waals surface area contributed by atoms with Crippen molar-refractivity contribution < 1.29 is 23.0 Å². The lowest BCUT2D eigenvalue weighted by molar-refractivity contribution is 0.0166. The molecule has 0 bridgehead atoms. The molecular weight excluding hydrogens is 380 g/mol. The Bertz CT molecular complexity index is 837. The van der Waals surface area contributed by atoms with Crippen LogP contribution in [0.5, 0.6) is 5.75 Å². The van der Waals surface area contributed by atoms with Crippen LogP contribution in [0.3, 0.4) is 0 Å². The Hall–Kier alpha value is -2.13. The Morgan fingerprint density at radius 3 is 2.36 bits per heavy atom. The van der Waals surface area contributed by atoms with Crippen LogP contribution in [0, 0.1) is 0 Å². The highest BCUT2D eigenvalue weighted by Crippen LogP contribution is 2.26. The number of hydrogen-bond acceptors (Lipinski definition) is 6. The van der Waals surface area contributed by atoms with Crippen LogP contribution in [0.1, 0.15) is 0 Å². The first-order valence-corrected chi connectivity index (χ1v) is 10.6. The zero-order chi connectivity index (χ0) is 20.0. The summed E-state index contributed by atoms with van der Waals surface area (Å²) < 4.78 is 38.3. The van der Waals surface area contributed by atoms with Crippen LogP contribution >= 0.6 is 0 Å². The van der Waals surface area contributed by atoms with Gasteiger partial charge in [0.25, 0.3) is 10.0 Å². The summed E-state index contributed by atoms with van der Waals surface area (Å²) >= 11 is 0. The number of morpholine rings is 1. The Labute approximate surface area is 166 Å². The highest BCUT2D eigenvalue weighted by molar-refractivity contribution is 7.92. The first-order chi connectivity index (χ1) is 13.5. The Morgan fingerprint density at radius 1 is 1.11 bits per heavy atom. The van der Waals surface area contributed by atoms with Gasteiger partial charge in [-0.15, -0.1) is 0 Å². The molecule has 0 radical (unpaired) electrons. The number of aliphatic hydroxyl groups excluding tert-OH is 1. The molecule has 1 fully saturated rings. The third-order valence-corrected chi connectivity index (χ3v) is 6.45. The maximum Gasteiger partial charge on any atom is 0.264 e. The topological polar surface area (TPSA) is 79.3 Å². The second kappa shape index (κ2) is 9.38. The first kappa shape index (κ1) is 20.6. The van der Waals surface area contributed by atoms with Gasteiger partial charge in [0.1, 0.15) is 5.75 Å². The molecule has 152 valence electrons. The predicted octanol–water partition coefficient (Wildman–Crippen LogP) is 1.58. The number of aliphatic hydroxyl groups is 1. The number of hydrogen-bond donors (Lipinski definition) is 1. The van der Waals surface area contributed by atoms with Crippen LogP contribution in [0.25, 0.3) is 0 Å². The average molecular weight is 407 g/mol. The van der Waals surface area contributed by atoms with E-state index < -0.39 is 16.1 Å². The van der Waals surface area contributed by atoms with Gasteiger partial charge < -0.3 is 14.6 Å². The lowest BCUT2D eigenvalue weighted by Crippen LogP contribution is -2.46. The van der Waals surface area contributed by atoms with Crippen molar-refractivity contribution in [3.05, 3.63) is 54.6 Å². The molecule has 0 aliphatic carbocycles. The van der Waals surface area contributed by atoms with Crippen LogP contribution in [0.4, 0.5) is 5.69 Å². The molecule has 1 saturated heterocycles. The van der Waals surface area contributed by atoms with Gasteiger partial charge in [-0.05, 0) is 36.4 Å². The smallest absolute Gasteiger partial charge is 0.264 e. The molecule has 3 rings (SSSR count). The van der Waals surface area contributed by atoms with Crippen LogP contribution < -0.4 is 9.04 Å². The maximum atomic E-state index is 13.3. The Kier molecular flexibility index (Phi) is 6.90. The molecule has 8 heteroatoms. The Balaban J connectivity index is 1.85. The summed E-state index contributed by atoms with van der Waals surface area (Å²) in [4.78, 5) is 2.26. The van der Waals surface area contributed by atoms with E-state index in [0.29, 0.717) is 31.2 Å². The summed E-state index contributed by atoms with van der Waals surface area (Å²) in [5, 5.41) is 10.6. The fourth-order valence-corrected chi connectivity index (χ4v) is 4.66. The fourth-order valence-electron chi connectivity index (χ4n) is 3.14. The molecule has 1 N–H and O–H groups in total. The van der Waals surface area contributed by atoms with Gasteiger partial charge in [-0.1, -0.05) is 18.2 Å². The van der Waals surface area contributed by atoms with Crippen molar-refractivity contribution in [1.82, 2.24) is 4.90 Å². The van der Waals surface area contributed by atoms with Crippen LogP contribution in [-0.2, 0) is 14.8 Å². The number of nitrogens with zero attached hydrogens (tertiary/aromatic N) is 2. The van der Waals surface area contributed by atoms with Crippen molar-refractivity contribution in [2.24, 2.45) is 0 Å². The lowest BCUT2D eigenvalue weighted by atomic mass is 10.2. The molecule has 1 aliphatic heterocycles. The van der Waals surface area contributed by atoms with Crippen molar-refractivity contribution in [3.63, 3.8) is 0 Å². The predicted molar refractivity (Wildman–Crippen MR) is 107 cm³/mol. The average Bonchev–Trinajstić information content (AvgIpc) is 2.73. The molecule has 0 aromatic heterocycles. The van der Waals surface area contributed by atoms with E-state index >= 15 is 0 Å². The number of benzene rings is 2. The minimum absolute atomic E-state index is 0.0408. The quantitative estimate of drug-likeness (QED) is 0.717. The van der Waals surface area contributed by atoms with Gasteiger partial charge in [-0.3, -0.25) is 9.21 Å². The molecule has 1 heterocycles. The molecule has 1 aliphatic rings. The molecule has 7 nitrogen and oxygen atoms in total. The van der Waals surface area contributed by atoms with Crippen LogP contribution in [0.2, 0.25) is 0 Å². The van der Waals surface area contributed by atoms with Crippen LogP contribution in [-0.4, -0.2) is 71.0 Å². The van der Waals surface area contributed by atoms with Gasteiger partial charge in [0.15, 0.2) is 0 Å². The van der Waals surface area contributed by atoms with E-state index in [9.17, 15) is 13.5 Å². The van der Waals surface area contributed by atoms with Gasteiger partial charge >= 0.3 is 0 Å². The van der Waals surface area contributed by atoms with Gasteiger partial charge in [-0.25, -0.2) is 8.42 Å². The number of sulfonamides is 1. The molecule has 2 aromatic rings. The number of anilines is 1. The molecule has 0 amide bonds. The fraction of sp³-hybridized carbons (Fsp3) is 0.400. The SMILES string of the molecule is COc1ccc(N(C[C@H](O)CN2CCOCC2)S(=O)(=O)c2ccccc2)cc1. The van der Waals surface area contributed by atoms with E-state index in [1.165, 1.54) is 4.31 Å². The third kappa shape index (κ3) is 5.02. The summed E-state index contributed by atoms with van der Waals surface area (Å²) in [5.41, 5.74) is 0.477. The normalized spacial score (nSPS) is 16.5. The monoisotopic (exact) mass is 406 g/mol. The van der Waals surface area contributed by atoms with E-state index in [0.717, 1.165) is 13.1 Å². The van der Waals surface area contributed by atoms with Gasteiger partial charge in [0, 0.05) is 19.6 Å². The lowest BCUT2D eigenvalue weighted by Gasteiger charge is -2.31. The maximum absolute atomic E-state index is 13.3. The second-order valence-electron chi connectivity index (χ2n) is 6.61. The summed E-state index contributed by atoms with van der Waals surface area (Å²) in [6.45, 7) is 3.05.